The van der Waals surface area contributed by atoms with Crippen LogP contribution >= 0.6 is 11.3 Å². The molecule has 10 nitrogen and oxygen atoms in total. The number of amides is 2. The number of alkyl carbamates (subject to hydrolysis) is 1. The fourth-order valence-corrected chi connectivity index (χ4v) is 8.60. The Bertz CT molecular complexity index is 1960. The normalized spacial score (nSPS) is 14.6. The second kappa shape index (κ2) is 17.1. The molecule has 1 saturated carbocycles. The van der Waals surface area contributed by atoms with Gasteiger partial charge in [0.25, 0.3) is 0 Å². The molecular formula is C37H40F2N4O6S2. The zero-order valence-corrected chi connectivity index (χ0v) is 29.6. The molecule has 0 saturated heterocycles. The number of benzene rings is 3. The van der Waals surface area contributed by atoms with Crippen LogP contribution in [0.1, 0.15) is 39.8 Å². The number of alkyl halides is 2. The molecule has 1 aliphatic rings. The highest BCUT2D eigenvalue weighted by molar-refractivity contribution is 7.89. The van der Waals surface area contributed by atoms with Crippen LogP contribution in [-0.2, 0) is 32.5 Å². The van der Waals surface area contributed by atoms with Gasteiger partial charge in [-0.05, 0) is 59.2 Å². The largest absolute Gasteiger partial charge is 0.453 e. The van der Waals surface area contributed by atoms with Gasteiger partial charge >= 0.3 is 6.09 Å². The minimum Gasteiger partial charge on any atom is -0.453 e. The summed E-state index contributed by atoms with van der Waals surface area (Å²) in [5, 5.41) is 16.0. The molecule has 1 aliphatic carbocycles. The van der Waals surface area contributed by atoms with Gasteiger partial charge in [-0.3, -0.25) is 4.79 Å². The van der Waals surface area contributed by atoms with Crippen molar-refractivity contribution in [3.8, 4) is 0 Å². The molecule has 5 aromatic rings. The molecule has 0 bridgehead atoms. The first-order chi connectivity index (χ1) is 24.5. The standard InChI is InChI=1S/C24H28F2N4O6S2.C13H12/c1-36-23(33)29-12-22(32)28-11-17-3-5-21(37-17)20(14-31)30(13-15-9-24(25,26)10-15)38(34,35)18-4-2-16-6-7-27-19(16)8-18;1-3-7-12(8-4-1)11-13-9-5-2-6-10-13/h2-8,15,20,27,31H,9-14H2,1H3,(H,28,32)(H,29,33);1-10H,11H2/t20-;/m1./s1. The third-order valence-electron chi connectivity index (χ3n) is 8.41. The molecule has 14 heteroatoms. The van der Waals surface area contributed by atoms with Gasteiger partial charge in [0.1, 0.15) is 6.54 Å². The van der Waals surface area contributed by atoms with Crippen LogP contribution in [0.3, 0.4) is 0 Å². The SMILES string of the molecule is COC(=O)NCC(=O)NCc1ccc([C@@H](CO)N(CC2CC(F)(F)C2)S(=O)(=O)c2ccc3cc[nH]c3c2)s1.c1ccc(Cc2ccccc2)cc1. The number of thiophene rings is 1. The molecule has 0 aliphatic heterocycles. The lowest BCUT2D eigenvalue weighted by atomic mass is 9.81. The number of halogens is 2. The van der Waals surface area contributed by atoms with Crippen LogP contribution in [0.2, 0.25) is 0 Å². The van der Waals surface area contributed by atoms with Gasteiger partial charge in [0, 0.05) is 40.9 Å². The van der Waals surface area contributed by atoms with Gasteiger partial charge in [0.15, 0.2) is 0 Å². The monoisotopic (exact) mass is 738 g/mol. The van der Waals surface area contributed by atoms with Crippen LogP contribution in [0.25, 0.3) is 10.9 Å². The first kappa shape index (κ1) is 37.6. The van der Waals surface area contributed by atoms with Crippen molar-refractivity contribution >= 4 is 44.3 Å². The fraction of sp³-hybridized carbons (Fsp3) is 0.297. The molecule has 0 unspecified atom stereocenters. The van der Waals surface area contributed by atoms with Gasteiger partial charge in [0.2, 0.25) is 21.9 Å². The molecule has 4 N–H and O–H groups in total. The lowest BCUT2D eigenvalue weighted by Gasteiger charge is -2.39. The highest BCUT2D eigenvalue weighted by Crippen LogP contribution is 2.44. The number of aliphatic hydroxyl groups excluding tert-OH is 1. The summed E-state index contributed by atoms with van der Waals surface area (Å²) in [5.41, 5.74) is 3.35. The minimum absolute atomic E-state index is 0.0147. The molecule has 3 aromatic carbocycles. The number of rotatable bonds is 13. The number of hydrogen-bond donors (Lipinski definition) is 4. The van der Waals surface area contributed by atoms with E-state index in [2.05, 4.69) is 81.0 Å². The van der Waals surface area contributed by atoms with Crippen molar-refractivity contribution in [1.82, 2.24) is 19.9 Å². The van der Waals surface area contributed by atoms with Gasteiger partial charge in [-0.1, -0.05) is 66.7 Å². The number of aromatic nitrogens is 1. The van der Waals surface area contributed by atoms with E-state index in [1.54, 1.807) is 30.5 Å². The Balaban J connectivity index is 0.000000323. The third-order valence-corrected chi connectivity index (χ3v) is 11.5. The summed E-state index contributed by atoms with van der Waals surface area (Å²) < 4.78 is 60.3. The van der Waals surface area contributed by atoms with Crippen molar-refractivity contribution in [2.24, 2.45) is 5.92 Å². The van der Waals surface area contributed by atoms with E-state index in [0.717, 1.165) is 16.1 Å². The smallest absolute Gasteiger partial charge is 0.407 e. The number of aliphatic hydroxyl groups is 1. The Labute approximate surface area is 299 Å². The Kier molecular flexibility index (Phi) is 12.6. The van der Waals surface area contributed by atoms with Crippen LogP contribution in [-0.4, -0.2) is 67.5 Å². The molecule has 0 radical (unpaired) electrons. The average Bonchev–Trinajstić information content (AvgIpc) is 3.79. The molecule has 6 rings (SSSR count). The lowest BCUT2D eigenvalue weighted by Crippen LogP contribution is -2.46. The molecule has 1 fully saturated rings. The highest BCUT2D eigenvalue weighted by Gasteiger charge is 2.48. The van der Waals surface area contributed by atoms with E-state index in [9.17, 15) is 31.9 Å². The topological polar surface area (TPSA) is 141 Å². The maximum Gasteiger partial charge on any atom is 0.407 e. The predicted octanol–water partition coefficient (Wildman–Crippen LogP) is 6.25. The number of H-pyrrole nitrogens is 1. The quantitative estimate of drug-likeness (QED) is 0.113. The summed E-state index contributed by atoms with van der Waals surface area (Å²) in [7, 11) is -3.00. The Morgan fingerprint density at radius 1 is 0.980 bits per heavy atom. The molecule has 2 heterocycles. The molecule has 1 atom stereocenters. The number of carbonyl (C=O) groups excluding carboxylic acids is 2. The van der Waals surface area contributed by atoms with Crippen molar-refractivity contribution in [2.75, 3.05) is 26.8 Å². The Hall–Kier alpha value is -4.63. The van der Waals surface area contributed by atoms with E-state index in [0.29, 0.717) is 15.3 Å². The first-order valence-corrected chi connectivity index (χ1v) is 18.6. The van der Waals surface area contributed by atoms with E-state index in [1.165, 1.54) is 41.7 Å². The zero-order chi connectivity index (χ0) is 36.4. The van der Waals surface area contributed by atoms with E-state index in [-0.39, 0.29) is 24.5 Å². The van der Waals surface area contributed by atoms with Crippen molar-refractivity contribution in [2.45, 2.75) is 42.7 Å². The van der Waals surface area contributed by atoms with Gasteiger partial charge < -0.3 is 25.5 Å². The van der Waals surface area contributed by atoms with Crippen molar-refractivity contribution < 1.29 is 36.6 Å². The van der Waals surface area contributed by atoms with Crippen molar-refractivity contribution in [3.63, 3.8) is 0 Å². The van der Waals surface area contributed by atoms with Crippen LogP contribution in [0.15, 0.2) is 108 Å². The van der Waals surface area contributed by atoms with Gasteiger partial charge in [-0.2, -0.15) is 4.31 Å². The van der Waals surface area contributed by atoms with E-state index < -0.39 is 59.4 Å². The number of methoxy groups -OCH3 is 1. The second-order valence-electron chi connectivity index (χ2n) is 12.2. The van der Waals surface area contributed by atoms with Crippen LogP contribution in [0.4, 0.5) is 13.6 Å². The maximum atomic E-state index is 13.8. The zero-order valence-electron chi connectivity index (χ0n) is 27.9. The van der Waals surface area contributed by atoms with Crippen LogP contribution < -0.4 is 10.6 Å². The van der Waals surface area contributed by atoms with Gasteiger partial charge in [0.05, 0.1) is 31.2 Å². The molecule has 2 amide bonds. The number of ether oxygens (including phenoxy) is 1. The highest BCUT2D eigenvalue weighted by atomic mass is 32.2. The average molecular weight is 739 g/mol. The van der Waals surface area contributed by atoms with Crippen molar-refractivity contribution in [3.05, 3.63) is 124 Å². The number of nitrogens with one attached hydrogen (secondary N) is 3. The summed E-state index contributed by atoms with van der Waals surface area (Å²) in [6.45, 7) is -0.916. The van der Waals surface area contributed by atoms with Gasteiger partial charge in [-0.15, -0.1) is 11.3 Å². The second-order valence-corrected chi connectivity index (χ2v) is 15.3. The number of aromatic amines is 1. The van der Waals surface area contributed by atoms with Gasteiger partial charge in [-0.25, -0.2) is 22.0 Å². The number of sulfonamides is 1. The summed E-state index contributed by atoms with van der Waals surface area (Å²) in [4.78, 5) is 27.2. The molecule has 51 heavy (non-hydrogen) atoms. The summed E-state index contributed by atoms with van der Waals surface area (Å²) >= 11 is 1.19. The molecular weight excluding hydrogens is 699 g/mol. The first-order valence-electron chi connectivity index (χ1n) is 16.3. The predicted molar refractivity (Wildman–Crippen MR) is 192 cm³/mol. The van der Waals surface area contributed by atoms with Crippen LogP contribution in [0, 0.1) is 5.92 Å². The third kappa shape index (κ3) is 10.2. The fourth-order valence-electron chi connectivity index (χ4n) is 5.78. The number of hydrogen-bond acceptors (Lipinski definition) is 7. The number of carbonyl (C=O) groups is 2. The molecule has 0 spiro atoms. The lowest BCUT2D eigenvalue weighted by molar-refractivity contribution is -0.120. The minimum atomic E-state index is -4.18. The maximum absolute atomic E-state index is 13.8. The summed E-state index contributed by atoms with van der Waals surface area (Å²) in [6.07, 6.45) is 1.12. The van der Waals surface area contributed by atoms with E-state index in [1.807, 2.05) is 0 Å². The Morgan fingerprint density at radius 2 is 1.65 bits per heavy atom. The summed E-state index contributed by atoms with van der Waals surface area (Å²) in [5.74, 6) is -3.84. The Morgan fingerprint density at radius 3 is 2.25 bits per heavy atom. The molecule has 2 aromatic heterocycles. The van der Waals surface area contributed by atoms with Crippen molar-refractivity contribution in [1.29, 1.82) is 0 Å². The summed E-state index contributed by atoms with van der Waals surface area (Å²) in [6, 6.07) is 29.8. The van der Waals surface area contributed by atoms with E-state index >= 15 is 0 Å². The van der Waals surface area contributed by atoms with E-state index in [4.69, 9.17) is 0 Å². The number of nitrogens with zero attached hydrogens (tertiary/aromatic N) is 1. The number of fused-ring (bicyclic) bond motifs is 1. The van der Waals surface area contributed by atoms with Crippen LogP contribution in [0.5, 0.6) is 0 Å². The molecule has 270 valence electrons.